The Balaban J connectivity index is 2.03. The Hall–Kier alpha value is -1.82. The van der Waals surface area contributed by atoms with Crippen LogP contribution in [-0.2, 0) is 12.8 Å². The lowest BCUT2D eigenvalue weighted by Crippen LogP contribution is -2.16. The molecular formula is C17H15ClN2. The lowest BCUT2D eigenvalue weighted by Gasteiger charge is -2.09. The van der Waals surface area contributed by atoms with Crippen LogP contribution >= 0.6 is 11.6 Å². The molecule has 0 saturated heterocycles. The smallest absolute Gasteiger partial charge is 0.113 e. The molecule has 0 atom stereocenters. The summed E-state index contributed by atoms with van der Waals surface area (Å²) < 4.78 is 0. The Morgan fingerprint density at radius 2 is 1.95 bits per heavy atom. The summed E-state index contributed by atoms with van der Waals surface area (Å²) in [5, 5.41) is 4.14. The van der Waals surface area contributed by atoms with E-state index < -0.39 is 0 Å². The highest BCUT2D eigenvalue weighted by atomic mass is 35.5. The molecule has 20 heavy (non-hydrogen) atoms. The number of hydrogen-bond donors (Lipinski definition) is 1. The minimum Gasteiger partial charge on any atom is -0.316 e. The molecule has 0 radical (unpaired) electrons. The van der Waals surface area contributed by atoms with Gasteiger partial charge in [0.25, 0.3) is 0 Å². The maximum absolute atomic E-state index is 6.34. The molecule has 0 saturated carbocycles. The van der Waals surface area contributed by atoms with E-state index in [4.69, 9.17) is 11.6 Å². The summed E-state index contributed by atoms with van der Waals surface area (Å²) in [6, 6.07) is 9.81. The van der Waals surface area contributed by atoms with Crippen molar-refractivity contribution < 1.29 is 0 Å². The first-order valence-corrected chi connectivity index (χ1v) is 7.16. The molecule has 0 bridgehead atoms. The fraction of sp³-hybridized carbons (Fsp3) is 0.235. The second kappa shape index (κ2) is 6.09. The second-order valence-electron chi connectivity index (χ2n) is 4.78. The van der Waals surface area contributed by atoms with E-state index in [1.165, 1.54) is 11.1 Å². The molecule has 0 spiro atoms. The molecule has 0 amide bonds. The van der Waals surface area contributed by atoms with Crippen molar-refractivity contribution in [3.05, 3.63) is 63.9 Å². The molecule has 1 aromatic heterocycles. The first-order chi connectivity index (χ1) is 9.84. The van der Waals surface area contributed by atoms with Crippen LogP contribution < -0.4 is 5.32 Å². The van der Waals surface area contributed by atoms with Gasteiger partial charge in [-0.3, -0.25) is 0 Å². The minimum atomic E-state index is 0.731. The molecule has 2 nitrogen and oxygen atoms in total. The molecule has 2 aromatic rings. The normalized spacial score (nSPS) is 13.8. The van der Waals surface area contributed by atoms with E-state index in [9.17, 15) is 0 Å². The summed E-state index contributed by atoms with van der Waals surface area (Å²) >= 11 is 6.34. The van der Waals surface area contributed by atoms with Crippen LogP contribution in [0.3, 0.4) is 0 Å². The second-order valence-corrected chi connectivity index (χ2v) is 5.18. The van der Waals surface area contributed by atoms with Crippen LogP contribution in [0.15, 0.2) is 36.5 Å². The number of fused-ring (bicyclic) bond motifs is 1. The molecule has 0 unspecified atom stereocenters. The van der Waals surface area contributed by atoms with Gasteiger partial charge in [-0.05, 0) is 61.2 Å². The highest BCUT2D eigenvalue weighted by Crippen LogP contribution is 2.24. The summed E-state index contributed by atoms with van der Waals surface area (Å²) in [6.07, 6.45) is 3.76. The number of hydrogen-bond acceptors (Lipinski definition) is 2. The fourth-order valence-electron chi connectivity index (χ4n) is 2.44. The molecule has 3 heteroatoms. The zero-order chi connectivity index (χ0) is 13.8. The zero-order valence-corrected chi connectivity index (χ0v) is 11.9. The van der Waals surface area contributed by atoms with Gasteiger partial charge in [-0.2, -0.15) is 0 Å². The van der Waals surface area contributed by atoms with Crippen molar-refractivity contribution in [2.75, 3.05) is 13.1 Å². The SMILES string of the molecule is Clc1ccc2c(c1C#Cc1ccccn1)CCNCC2. The van der Waals surface area contributed by atoms with Crippen molar-refractivity contribution in [1.29, 1.82) is 0 Å². The number of nitrogens with one attached hydrogen (secondary N) is 1. The van der Waals surface area contributed by atoms with Gasteiger partial charge >= 0.3 is 0 Å². The molecule has 0 fully saturated rings. The minimum absolute atomic E-state index is 0.731. The van der Waals surface area contributed by atoms with Crippen LogP contribution in [0.2, 0.25) is 5.02 Å². The van der Waals surface area contributed by atoms with Crippen molar-refractivity contribution in [1.82, 2.24) is 10.3 Å². The third kappa shape index (κ3) is 2.85. The van der Waals surface area contributed by atoms with E-state index in [0.29, 0.717) is 0 Å². The molecule has 3 rings (SSSR count). The van der Waals surface area contributed by atoms with Crippen molar-refractivity contribution in [2.45, 2.75) is 12.8 Å². The van der Waals surface area contributed by atoms with Crippen molar-refractivity contribution in [3.63, 3.8) is 0 Å². The van der Waals surface area contributed by atoms with E-state index in [1.807, 2.05) is 24.3 Å². The van der Waals surface area contributed by atoms with Gasteiger partial charge in [0, 0.05) is 11.8 Å². The van der Waals surface area contributed by atoms with Crippen LogP contribution in [0.5, 0.6) is 0 Å². The van der Waals surface area contributed by atoms with Crippen molar-refractivity contribution >= 4 is 11.6 Å². The summed E-state index contributed by atoms with van der Waals surface area (Å²) in [4.78, 5) is 4.23. The van der Waals surface area contributed by atoms with Gasteiger partial charge in [0.1, 0.15) is 5.69 Å². The maximum atomic E-state index is 6.34. The molecule has 2 heterocycles. The quantitative estimate of drug-likeness (QED) is 0.752. The van der Waals surface area contributed by atoms with E-state index in [2.05, 4.69) is 28.2 Å². The Morgan fingerprint density at radius 3 is 2.80 bits per heavy atom. The van der Waals surface area contributed by atoms with Gasteiger partial charge in [-0.15, -0.1) is 0 Å². The Morgan fingerprint density at radius 1 is 1.05 bits per heavy atom. The van der Waals surface area contributed by atoms with Crippen LogP contribution in [0, 0.1) is 11.8 Å². The standard InChI is InChI=1S/C17H15ClN2/c18-17-7-4-13-8-11-19-12-9-15(13)16(17)6-5-14-3-1-2-10-20-14/h1-4,7,10,19H,8-9,11-12H2. The highest BCUT2D eigenvalue weighted by molar-refractivity contribution is 6.31. The zero-order valence-electron chi connectivity index (χ0n) is 11.1. The number of aromatic nitrogens is 1. The van der Waals surface area contributed by atoms with Gasteiger partial charge in [0.15, 0.2) is 0 Å². The number of rotatable bonds is 0. The van der Waals surface area contributed by atoms with Gasteiger partial charge in [0.2, 0.25) is 0 Å². The Labute approximate surface area is 124 Å². The Kier molecular flexibility index (Phi) is 4.01. The summed E-state index contributed by atoms with van der Waals surface area (Å²) in [7, 11) is 0. The highest BCUT2D eigenvalue weighted by Gasteiger charge is 2.13. The molecular weight excluding hydrogens is 268 g/mol. The summed E-state index contributed by atoms with van der Waals surface area (Å²) in [5.41, 5.74) is 4.36. The fourth-order valence-corrected chi connectivity index (χ4v) is 2.67. The lowest BCUT2D eigenvalue weighted by molar-refractivity contribution is 0.711. The van der Waals surface area contributed by atoms with E-state index in [-0.39, 0.29) is 0 Å². The molecule has 100 valence electrons. The summed E-state index contributed by atoms with van der Waals surface area (Å²) in [6.45, 7) is 1.99. The van der Waals surface area contributed by atoms with Crippen LogP contribution in [0.1, 0.15) is 22.4 Å². The predicted molar refractivity (Wildman–Crippen MR) is 81.9 cm³/mol. The third-order valence-corrected chi connectivity index (χ3v) is 3.78. The van der Waals surface area contributed by atoms with Crippen LogP contribution in [-0.4, -0.2) is 18.1 Å². The topological polar surface area (TPSA) is 24.9 Å². The van der Waals surface area contributed by atoms with E-state index in [0.717, 1.165) is 42.2 Å². The van der Waals surface area contributed by atoms with Crippen molar-refractivity contribution in [3.8, 4) is 11.8 Å². The Bertz CT molecular complexity index is 669. The number of benzene rings is 1. The number of pyridine rings is 1. The van der Waals surface area contributed by atoms with Gasteiger partial charge in [0.05, 0.1) is 5.02 Å². The molecule has 0 aliphatic carbocycles. The molecule has 1 aromatic carbocycles. The molecule has 1 aliphatic rings. The largest absolute Gasteiger partial charge is 0.316 e. The first-order valence-electron chi connectivity index (χ1n) is 6.78. The van der Waals surface area contributed by atoms with Gasteiger partial charge < -0.3 is 5.32 Å². The van der Waals surface area contributed by atoms with Crippen molar-refractivity contribution in [2.24, 2.45) is 0 Å². The van der Waals surface area contributed by atoms with E-state index >= 15 is 0 Å². The molecule has 1 N–H and O–H groups in total. The van der Waals surface area contributed by atoms with Crippen LogP contribution in [0.4, 0.5) is 0 Å². The first kappa shape index (κ1) is 13.2. The number of nitrogens with zero attached hydrogens (tertiary/aromatic N) is 1. The lowest BCUT2D eigenvalue weighted by atomic mass is 9.97. The molecule has 1 aliphatic heterocycles. The third-order valence-electron chi connectivity index (χ3n) is 3.46. The average Bonchev–Trinajstić information content (AvgIpc) is 2.73. The maximum Gasteiger partial charge on any atom is 0.113 e. The average molecular weight is 283 g/mol. The van der Waals surface area contributed by atoms with Gasteiger partial charge in [-0.1, -0.05) is 29.7 Å². The van der Waals surface area contributed by atoms with E-state index in [1.54, 1.807) is 6.20 Å². The number of halogens is 1. The summed E-state index contributed by atoms with van der Waals surface area (Å²) in [5.74, 6) is 6.32. The monoisotopic (exact) mass is 282 g/mol. The van der Waals surface area contributed by atoms with Gasteiger partial charge in [-0.25, -0.2) is 4.98 Å². The predicted octanol–water partition coefficient (Wildman–Crippen LogP) is 2.82. The van der Waals surface area contributed by atoms with Crippen LogP contribution in [0.25, 0.3) is 0 Å².